The Balaban J connectivity index is 2.18. The van der Waals surface area contributed by atoms with Gasteiger partial charge in [-0.3, -0.25) is 4.79 Å². The number of hydrogen-bond acceptors (Lipinski definition) is 4. The first-order valence-electron chi connectivity index (χ1n) is 4.54. The van der Waals surface area contributed by atoms with Crippen LogP contribution in [0, 0.1) is 0 Å². The van der Waals surface area contributed by atoms with Gasteiger partial charge in [0.05, 0.1) is 6.20 Å². The van der Waals surface area contributed by atoms with Crippen molar-refractivity contribution in [3.05, 3.63) is 40.9 Å². The lowest BCUT2D eigenvalue weighted by Crippen LogP contribution is -2.11. The van der Waals surface area contributed by atoms with E-state index in [0.29, 0.717) is 10.2 Å². The molecule has 0 aliphatic carbocycles. The summed E-state index contributed by atoms with van der Waals surface area (Å²) in [4.78, 5) is 12.3. The van der Waals surface area contributed by atoms with Gasteiger partial charge in [0.25, 0.3) is 5.91 Å². The molecule has 0 aliphatic rings. The average molecular weight is 298 g/mol. The molecule has 1 amide bonds. The number of alkyl halides is 1. The lowest BCUT2D eigenvalue weighted by atomic mass is 10.2. The van der Waals surface area contributed by atoms with Gasteiger partial charge in [0.2, 0.25) is 0 Å². The molecule has 4 nitrogen and oxygen atoms in total. The van der Waals surface area contributed by atoms with Crippen molar-refractivity contribution in [3.63, 3.8) is 0 Å². The quantitative estimate of drug-likeness (QED) is 0.886. The maximum absolute atomic E-state index is 11.7. The molecule has 0 bridgehead atoms. The fraction of sp³-hybridized carbons (Fsp3) is 0.100. The molecule has 1 aromatic heterocycles. The number of carbonyl (C=O) groups excluding carboxylic acids is 1. The van der Waals surface area contributed by atoms with Crippen molar-refractivity contribution in [1.29, 1.82) is 0 Å². The smallest absolute Gasteiger partial charge is 0.269 e. The number of nitrogens with zero attached hydrogens (tertiary/aromatic N) is 2. The summed E-state index contributed by atoms with van der Waals surface area (Å²) in [6.45, 7) is 0. The van der Waals surface area contributed by atoms with Crippen LogP contribution in [0.2, 0.25) is 0 Å². The molecular weight excluding hydrogens is 290 g/mol. The topological polar surface area (TPSA) is 54.9 Å². The van der Waals surface area contributed by atoms with Gasteiger partial charge in [-0.1, -0.05) is 38.6 Å². The van der Waals surface area contributed by atoms with Gasteiger partial charge >= 0.3 is 0 Å². The van der Waals surface area contributed by atoms with E-state index in [1.54, 1.807) is 0 Å². The van der Waals surface area contributed by atoms with Crippen LogP contribution in [0.1, 0.15) is 15.2 Å². The first-order chi connectivity index (χ1) is 7.81. The van der Waals surface area contributed by atoms with Crippen LogP contribution < -0.4 is 5.32 Å². The van der Waals surface area contributed by atoms with E-state index >= 15 is 0 Å². The minimum absolute atomic E-state index is 0.177. The van der Waals surface area contributed by atoms with Gasteiger partial charge in [0.15, 0.2) is 0 Å². The highest BCUT2D eigenvalue weighted by Gasteiger charge is 2.10. The Morgan fingerprint density at radius 3 is 2.94 bits per heavy atom. The van der Waals surface area contributed by atoms with Gasteiger partial charge in [-0.15, -0.1) is 5.10 Å². The molecule has 0 spiro atoms. The molecule has 0 atom stereocenters. The second kappa shape index (κ2) is 5.18. The van der Waals surface area contributed by atoms with Crippen LogP contribution in [0.25, 0.3) is 0 Å². The first-order valence-corrected chi connectivity index (χ1v) is 6.43. The maximum Gasteiger partial charge on any atom is 0.269 e. The standard InChI is InChI=1S/C10H8BrN3OS/c11-5-7-3-1-2-4-8(7)13-10(15)9-6-12-14-16-9/h1-4,6H,5H2,(H,13,15). The minimum atomic E-state index is -0.177. The van der Waals surface area contributed by atoms with E-state index in [0.717, 1.165) is 22.8 Å². The van der Waals surface area contributed by atoms with Crippen LogP contribution in [0.4, 0.5) is 5.69 Å². The number of nitrogens with one attached hydrogen (secondary N) is 1. The third-order valence-electron chi connectivity index (χ3n) is 1.99. The van der Waals surface area contributed by atoms with Gasteiger partial charge in [0, 0.05) is 11.0 Å². The molecule has 0 radical (unpaired) electrons. The van der Waals surface area contributed by atoms with E-state index < -0.39 is 0 Å². The summed E-state index contributed by atoms with van der Waals surface area (Å²) in [5.74, 6) is -0.177. The summed E-state index contributed by atoms with van der Waals surface area (Å²) in [6.07, 6.45) is 1.46. The number of para-hydroxylation sites is 1. The van der Waals surface area contributed by atoms with E-state index in [1.165, 1.54) is 6.20 Å². The number of carbonyl (C=O) groups is 1. The molecule has 0 unspecified atom stereocenters. The van der Waals surface area contributed by atoms with Crippen molar-refractivity contribution in [1.82, 2.24) is 9.59 Å². The number of hydrogen-bond donors (Lipinski definition) is 1. The highest BCUT2D eigenvalue weighted by atomic mass is 79.9. The van der Waals surface area contributed by atoms with E-state index in [-0.39, 0.29) is 5.91 Å². The van der Waals surface area contributed by atoms with Gasteiger partial charge in [0.1, 0.15) is 4.88 Å². The van der Waals surface area contributed by atoms with Crippen LogP contribution in [-0.4, -0.2) is 15.5 Å². The van der Waals surface area contributed by atoms with E-state index in [1.807, 2.05) is 24.3 Å². The lowest BCUT2D eigenvalue weighted by molar-refractivity contribution is 0.103. The normalized spacial score (nSPS) is 10.1. The van der Waals surface area contributed by atoms with Crippen molar-refractivity contribution < 1.29 is 4.79 Å². The van der Waals surface area contributed by atoms with Crippen molar-refractivity contribution in [3.8, 4) is 0 Å². The van der Waals surface area contributed by atoms with Gasteiger partial charge < -0.3 is 5.32 Å². The van der Waals surface area contributed by atoms with Crippen molar-refractivity contribution >= 4 is 39.1 Å². The van der Waals surface area contributed by atoms with Crippen LogP contribution in [-0.2, 0) is 5.33 Å². The molecule has 6 heteroatoms. The highest BCUT2D eigenvalue weighted by molar-refractivity contribution is 9.08. The van der Waals surface area contributed by atoms with Crippen LogP contribution in [0.3, 0.4) is 0 Å². The number of rotatable bonds is 3. The number of benzene rings is 1. The van der Waals surface area contributed by atoms with Crippen molar-refractivity contribution in [2.24, 2.45) is 0 Å². The number of amides is 1. The van der Waals surface area contributed by atoms with Crippen LogP contribution in [0.5, 0.6) is 0 Å². The summed E-state index contributed by atoms with van der Waals surface area (Å²) in [5.41, 5.74) is 1.84. The zero-order valence-corrected chi connectivity index (χ0v) is 10.6. The van der Waals surface area contributed by atoms with Crippen LogP contribution >= 0.6 is 27.5 Å². The monoisotopic (exact) mass is 297 g/mol. The van der Waals surface area contributed by atoms with Crippen molar-refractivity contribution in [2.45, 2.75) is 5.33 Å². The lowest BCUT2D eigenvalue weighted by Gasteiger charge is -2.07. The Hall–Kier alpha value is -1.27. The zero-order valence-electron chi connectivity index (χ0n) is 8.18. The molecule has 0 saturated carbocycles. The number of anilines is 1. The van der Waals surface area contributed by atoms with E-state index in [9.17, 15) is 4.79 Å². The Bertz CT molecular complexity index is 487. The predicted molar refractivity (Wildman–Crippen MR) is 66.9 cm³/mol. The first kappa shape index (κ1) is 11.2. The third kappa shape index (κ3) is 2.45. The summed E-state index contributed by atoms with van der Waals surface area (Å²) in [6, 6.07) is 7.63. The molecule has 82 valence electrons. The molecule has 2 aromatic rings. The SMILES string of the molecule is O=C(Nc1ccccc1CBr)c1cnns1. The number of halogens is 1. The summed E-state index contributed by atoms with van der Waals surface area (Å²) >= 11 is 4.45. The van der Waals surface area contributed by atoms with E-state index in [2.05, 4.69) is 30.8 Å². The summed E-state index contributed by atoms with van der Waals surface area (Å²) in [7, 11) is 0. The van der Waals surface area contributed by atoms with Gasteiger partial charge in [-0.25, -0.2) is 0 Å². The summed E-state index contributed by atoms with van der Waals surface area (Å²) < 4.78 is 3.65. The Labute approximate surface area is 105 Å². The molecule has 16 heavy (non-hydrogen) atoms. The van der Waals surface area contributed by atoms with E-state index in [4.69, 9.17) is 0 Å². The molecule has 0 fully saturated rings. The van der Waals surface area contributed by atoms with Gasteiger partial charge in [-0.05, 0) is 23.2 Å². The maximum atomic E-state index is 11.7. The fourth-order valence-electron chi connectivity index (χ4n) is 1.21. The Kier molecular flexibility index (Phi) is 3.63. The highest BCUT2D eigenvalue weighted by Crippen LogP contribution is 2.19. The molecule has 0 aliphatic heterocycles. The molecule has 1 aromatic carbocycles. The molecule has 1 heterocycles. The second-order valence-corrected chi connectivity index (χ2v) is 4.37. The number of aromatic nitrogens is 2. The summed E-state index contributed by atoms with van der Waals surface area (Å²) in [5, 5.41) is 7.15. The Morgan fingerprint density at radius 1 is 1.44 bits per heavy atom. The molecule has 0 saturated heterocycles. The second-order valence-electron chi connectivity index (χ2n) is 3.03. The van der Waals surface area contributed by atoms with Gasteiger partial charge in [-0.2, -0.15) is 0 Å². The minimum Gasteiger partial charge on any atom is -0.321 e. The zero-order chi connectivity index (χ0) is 11.4. The third-order valence-corrected chi connectivity index (χ3v) is 3.26. The molecule has 1 N–H and O–H groups in total. The van der Waals surface area contributed by atoms with Crippen molar-refractivity contribution in [2.75, 3.05) is 5.32 Å². The predicted octanol–water partition coefficient (Wildman–Crippen LogP) is 2.69. The molecule has 2 rings (SSSR count). The van der Waals surface area contributed by atoms with Crippen LogP contribution in [0.15, 0.2) is 30.5 Å². The molecular formula is C10H8BrN3OS. The average Bonchev–Trinajstić information content (AvgIpc) is 2.83. The fourth-order valence-corrected chi connectivity index (χ4v) is 2.11. The Morgan fingerprint density at radius 2 is 2.25 bits per heavy atom. The largest absolute Gasteiger partial charge is 0.321 e.